The Bertz CT molecular complexity index is 1180. The number of nitrogens with one attached hydrogen (secondary N) is 2. The highest BCUT2D eigenvalue weighted by molar-refractivity contribution is 6.12. The summed E-state index contributed by atoms with van der Waals surface area (Å²) in [4.78, 5) is 25.7. The fraction of sp³-hybridized carbons (Fsp3) is 0.130. The van der Waals surface area contributed by atoms with E-state index in [0.29, 0.717) is 58.7 Å². The van der Waals surface area contributed by atoms with Gasteiger partial charge in [0.25, 0.3) is 11.8 Å². The van der Waals surface area contributed by atoms with Gasteiger partial charge in [0.15, 0.2) is 23.0 Å². The van der Waals surface area contributed by atoms with E-state index in [0.717, 1.165) is 0 Å². The third-order valence-electron chi connectivity index (χ3n) is 4.85. The lowest BCUT2D eigenvalue weighted by molar-refractivity contribution is 0.102. The Morgan fingerprint density at radius 2 is 1.39 bits per heavy atom. The monoisotopic (exact) mass is 418 g/mol. The number of para-hydroxylation sites is 1. The van der Waals surface area contributed by atoms with Crippen LogP contribution in [0.4, 0.5) is 11.4 Å². The zero-order chi connectivity index (χ0) is 21.2. The largest absolute Gasteiger partial charge is 0.486 e. The Hall–Kier alpha value is -4.20. The first-order chi connectivity index (χ1) is 15.2. The maximum Gasteiger partial charge on any atom is 0.257 e. The van der Waals surface area contributed by atoms with Gasteiger partial charge in [-0.3, -0.25) is 9.59 Å². The second-order valence-electron chi connectivity index (χ2n) is 6.88. The lowest BCUT2D eigenvalue weighted by Gasteiger charge is -2.19. The fourth-order valence-corrected chi connectivity index (χ4v) is 3.34. The Morgan fingerprint density at radius 1 is 0.677 bits per heavy atom. The summed E-state index contributed by atoms with van der Waals surface area (Å²) in [5.74, 6) is 1.60. The van der Waals surface area contributed by atoms with Crippen LogP contribution in [0.3, 0.4) is 0 Å². The number of hydrogen-bond donors (Lipinski definition) is 2. The fourth-order valence-electron chi connectivity index (χ4n) is 3.34. The van der Waals surface area contributed by atoms with E-state index in [1.807, 2.05) is 0 Å². The molecule has 31 heavy (non-hydrogen) atoms. The molecular formula is C23H18N2O6. The third kappa shape index (κ3) is 3.83. The predicted octanol–water partition coefficient (Wildman–Crippen LogP) is 3.69. The van der Waals surface area contributed by atoms with E-state index in [1.165, 1.54) is 0 Å². The maximum absolute atomic E-state index is 12.9. The molecule has 2 amide bonds. The average Bonchev–Trinajstić information content (AvgIpc) is 3.27. The van der Waals surface area contributed by atoms with E-state index in [2.05, 4.69) is 10.6 Å². The second-order valence-corrected chi connectivity index (χ2v) is 6.88. The molecule has 0 bridgehead atoms. The van der Waals surface area contributed by atoms with Gasteiger partial charge < -0.3 is 29.6 Å². The molecule has 0 atom stereocenters. The van der Waals surface area contributed by atoms with Crippen molar-refractivity contribution in [1.82, 2.24) is 0 Å². The number of benzene rings is 3. The summed E-state index contributed by atoms with van der Waals surface area (Å²) in [6.45, 7) is 1.06. The van der Waals surface area contributed by atoms with Gasteiger partial charge in [0.2, 0.25) is 6.79 Å². The van der Waals surface area contributed by atoms with Crippen LogP contribution in [0.1, 0.15) is 20.7 Å². The van der Waals surface area contributed by atoms with Crippen molar-refractivity contribution in [3.63, 3.8) is 0 Å². The van der Waals surface area contributed by atoms with E-state index >= 15 is 0 Å². The Morgan fingerprint density at radius 3 is 2.29 bits per heavy atom. The molecule has 8 nitrogen and oxygen atoms in total. The number of carbonyl (C=O) groups is 2. The molecule has 0 saturated heterocycles. The number of rotatable bonds is 4. The van der Waals surface area contributed by atoms with E-state index < -0.39 is 0 Å². The molecule has 0 radical (unpaired) electrons. The lowest BCUT2D eigenvalue weighted by atomic mass is 10.1. The first-order valence-electron chi connectivity index (χ1n) is 9.68. The zero-order valence-corrected chi connectivity index (χ0v) is 16.3. The zero-order valence-electron chi connectivity index (χ0n) is 16.3. The van der Waals surface area contributed by atoms with Crippen LogP contribution in [0.25, 0.3) is 0 Å². The van der Waals surface area contributed by atoms with Crippen molar-refractivity contribution in [1.29, 1.82) is 0 Å². The molecule has 3 aromatic rings. The van der Waals surface area contributed by atoms with Gasteiger partial charge in [-0.25, -0.2) is 0 Å². The van der Waals surface area contributed by atoms with Crippen LogP contribution in [0, 0.1) is 0 Å². The molecule has 5 rings (SSSR count). The topological polar surface area (TPSA) is 95.1 Å². The van der Waals surface area contributed by atoms with E-state index in [-0.39, 0.29) is 18.6 Å². The van der Waals surface area contributed by atoms with Crippen molar-refractivity contribution >= 4 is 23.2 Å². The third-order valence-corrected chi connectivity index (χ3v) is 4.85. The van der Waals surface area contributed by atoms with Crippen molar-refractivity contribution in [2.45, 2.75) is 0 Å². The van der Waals surface area contributed by atoms with Gasteiger partial charge in [0, 0.05) is 17.3 Å². The standard InChI is InChI=1S/C23H18N2O6/c26-22(14-5-7-18-20(11-14)29-10-9-28-18)25-17-4-2-1-3-16(17)23(27)24-15-6-8-19-21(12-15)31-13-30-19/h1-8,11-12H,9-10,13H2,(H,24,27)(H,25,26). The molecule has 2 N–H and O–H groups in total. The molecule has 8 heteroatoms. The minimum absolute atomic E-state index is 0.154. The Balaban J connectivity index is 1.34. The predicted molar refractivity (Wildman–Crippen MR) is 112 cm³/mol. The molecule has 2 aliphatic heterocycles. The summed E-state index contributed by atoms with van der Waals surface area (Å²) < 4.78 is 21.6. The summed E-state index contributed by atoms with van der Waals surface area (Å²) in [6.07, 6.45) is 0. The SMILES string of the molecule is O=C(Nc1ccccc1C(=O)Nc1ccc2c(c1)OCO2)c1ccc2c(c1)OCCO2. The number of fused-ring (bicyclic) bond motifs is 2. The molecule has 2 aliphatic rings. The number of carbonyl (C=O) groups excluding carboxylic acids is 2. The number of ether oxygens (including phenoxy) is 4. The number of hydrogen-bond acceptors (Lipinski definition) is 6. The van der Waals surface area contributed by atoms with E-state index in [4.69, 9.17) is 18.9 Å². The molecule has 0 aliphatic carbocycles. The van der Waals surface area contributed by atoms with Gasteiger partial charge in [-0.2, -0.15) is 0 Å². The van der Waals surface area contributed by atoms with Crippen LogP contribution in [0.15, 0.2) is 60.7 Å². The van der Waals surface area contributed by atoms with E-state index in [9.17, 15) is 9.59 Å². The van der Waals surface area contributed by atoms with Crippen LogP contribution in [-0.2, 0) is 0 Å². The summed E-state index contributed by atoms with van der Waals surface area (Å²) in [7, 11) is 0. The second kappa shape index (κ2) is 7.91. The summed E-state index contributed by atoms with van der Waals surface area (Å²) in [5.41, 5.74) is 1.67. The Kier molecular flexibility index (Phi) is 4.80. The van der Waals surface area contributed by atoms with E-state index in [1.54, 1.807) is 60.7 Å². The molecule has 156 valence electrons. The molecule has 0 spiro atoms. The van der Waals surface area contributed by atoms with Crippen molar-refractivity contribution < 1.29 is 28.5 Å². The molecule has 0 unspecified atom stereocenters. The summed E-state index contributed by atoms with van der Waals surface area (Å²) in [6, 6.07) is 16.9. The Labute approximate surface area is 177 Å². The number of amides is 2. The summed E-state index contributed by atoms with van der Waals surface area (Å²) in [5, 5.41) is 5.62. The minimum atomic E-state index is -0.364. The smallest absolute Gasteiger partial charge is 0.257 e. The van der Waals surface area contributed by atoms with Crippen LogP contribution < -0.4 is 29.6 Å². The summed E-state index contributed by atoms with van der Waals surface area (Å²) >= 11 is 0. The molecule has 3 aromatic carbocycles. The van der Waals surface area contributed by atoms with Crippen LogP contribution in [-0.4, -0.2) is 31.8 Å². The average molecular weight is 418 g/mol. The van der Waals surface area contributed by atoms with Crippen LogP contribution in [0.2, 0.25) is 0 Å². The first kappa shape index (κ1) is 18.8. The highest BCUT2D eigenvalue weighted by atomic mass is 16.7. The van der Waals surface area contributed by atoms with Crippen molar-refractivity contribution in [2.24, 2.45) is 0 Å². The molecule has 0 saturated carbocycles. The van der Waals surface area contributed by atoms with Gasteiger partial charge in [0.05, 0.1) is 11.3 Å². The molecular weight excluding hydrogens is 400 g/mol. The van der Waals surface area contributed by atoms with Gasteiger partial charge in [-0.05, 0) is 42.5 Å². The lowest BCUT2D eigenvalue weighted by Crippen LogP contribution is -2.19. The quantitative estimate of drug-likeness (QED) is 0.671. The highest BCUT2D eigenvalue weighted by Gasteiger charge is 2.19. The van der Waals surface area contributed by atoms with Crippen molar-refractivity contribution in [2.75, 3.05) is 30.6 Å². The van der Waals surface area contributed by atoms with Crippen molar-refractivity contribution in [3.05, 3.63) is 71.8 Å². The normalized spacial score (nSPS) is 13.4. The maximum atomic E-state index is 12.9. The van der Waals surface area contributed by atoms with Crippen LogP contribution >= 0.6 is 0 Å². The van der Waals surface area contributed by atoms with Gasteiger partial charge in [-0.1, -0.05) is 12.1 Å². The molecule has 0 fully saturated rings. The van der Waals surface area contributed by atoms with Gasteiger partial charge >= 0.3 is 0 Å². The minimum Gasteiger partial charge on any atom is -0.486 e. The number of anilines is 2. The van der Waals surface area contributed by atoms with Crippen molar-refractivity contribution in [3.8, 4) is 23.0 Å². The van der Waals surface area contributed by atoms with Gasteiger partial charge in [-0.15, -0.1) is 0 Å². The van der Waals surface area contributed by atoms with Gasteiger partial charge in [0.1, 0.15) is 13.2 Å². The highest BCUT2D eigenvalue weighted by Crippen LogP contribution is 2.34. The van der Waals surface area contributed by atoms with Crippen LogP contribution in [0.5, 0.6) is 23.0 Å². The molecule has 0 aromatic heterocycles. The molecule has 2 heterocycles. The first-order valence-corrected chi connectivity index (χ1v) is 9.68.